The number of nitrogens with zero attached hydrogens (tertiary/aromatic N) is 1. The van der Waals surface area contributed by atoms with Gasteiger partial charge in [-0.25, -0.2) is 0 Å². The number of aryl methyl sites for hydroxylation is 1. The Hall–Kier alpha value is -2.86. The quantitative estimate of drug-likeness (QED) is 0.788. The summed E-state index contributed by atoms with van der Waals surface area (Å²) >= 11 is 0. The maximum atomic E-state index is 13.1. The number of rotatable bonds is 6. The molecule has 0 aliphatic carbocycles. The molecule has 29 heavy (non-hydrogen) atoms. The molecule has 6 heteroatoms. The molecule has 1 aliphatic heterocycles. The summed E-state index contributed by atoms with van der Waals surface area (Å²) in [5.41, 5.74) is 3.27. The molecule has 2 aromatic carbocycles. The Bertz CT molecular complexity index is 860. The van der Waals surface area contributed by atoms with Crippen molar-refractivity contribution in [3.05, 3.63) is 59.7 Å². The summed E-state index contributed by atoms with van der Waals surface area (Å²) in [4.78, 5) is 27.9. The van der Waals surface area contributed by atoms with E-state index >= 15 is 0 Å². The lowest BCUT2D eigenvalue weighted by molar-refractivity contribution is -0.118. The van der Waals surface area contributed by atoms with Crippen molar-refractivity contribution in [1.29, 1.82) is 0 Å². The monoisotopic (exact) mass is 395 g/mol. The van der Waals surface area contributed by atoms with Gasteiger partial charge in [0.1, 0.15) is 6.04 Å². The van der Waals surface area contributed by atoms with Crippen molar-refractivity contribution < 1.29 is 14.3 Å². The number of amides is 2. The predicted octanol–water partition coefficient (Wildman–Crippen LogP) is 3.22. The van der Waals surface area contributed by atoms with Crippen LogP contribution in [0.2, 0.25) is 0 Å². The van der Waals surface area contributed by atoms with Crippen molar-refractivity contribution >= 4 is 23.2 Å². The molecule has 3 rings (SSSR count). The van der Waals surface area contributed by atoms with E-state index in [4.69, 9.17) is 4.74 Å². The first-order valence-corrected chi connectivity index (χ1v) is 10.1. The van der Waals surface area contributed by atoms with Gasteiger partial charge in [-0.15, -0.1) is 0 Å². The van der Waals surface area contributed by atoms with E-state index in [2.05, 4.69) is 15.5 Å². The Labute approximate surface area is 172 Å². The van der Waals surface area contributed by atoms with Crippen LogP contribution in [0.3, 0.4) is 0 Å². The molecule has 0 radical (unpaired) electrons. The summed E-state index contributed by atoms with van der Waals surface area (Å²) in [5, 5.41) is 5.92. The van der Waals surface area contributed by atoms with Crippen molar-refractivity contribution in [2.75, 3.05) is 36.5 Å². The van der Waals surface area contributed by atoms with Crippen molar-refractivity contribution in [2.24, 2.45) is 5.92 Å². The third-order valence-electron chi connectivity index (χ3n) is 5.03. The van der Waals surface area contributed by atoms with Crippen LogP contribution in [0.1, 0.15) is 29.8 Å². The highest BCUT2D eigenvalue weighted by Gasteiger charge is 2.26. The number of morpholine rings is 1. The second-order valence-corrected chi connectivity index (χ2v) is 7.67. The Kier molecular flexibility index (Phi) is 6.88. The van der Waals surface area contributed by atoms with Crippen molar-refractivity contribution in [2.45, 2.75) is 26.8 Å². The SMILES string of the molecule is Cc1cccc(C(=O)N[C@@H](C(=O)Nc2ccccc2N2CCOCC2)C(C)C)c1. The maximum absolute atomic E-state index is 13.1. The minimum Gasteiger partial charge on any atom is -0.378 e. The number of anilines is 2. The van der Waals surface area contributed by atoms with Gasteiger partial charge in [-0.05, 0) is 37.1 Å². The number of para-hydroxylation sites is 2. The third-order valence-corrected chi connectivity index (χ3v) is 5.03. The molecule has 1 atom stereocenters. The first-order chi connectivity index (χ1) is 14.0. The normalized spacial score (nSPS) is 15.1. The number of carbonyl (C=O) groups excluding carboxylic acids is 2. The number of nitrogens with one attached hydrogen (secondary N) is 2. The predicted molar refractivity (Wildman–Crippen MR) is 115 cm³/mol. The topological polar surface area (TPSA) is 70.7 Å². The molecule has 154 valence electrons. The highest BCUT2D eigenvalue weighted by molar-refractivity contribution is 6.02. The molecule has 2 N–H and O–H groups in total. The van der Waals surface area contributed by atoms with Crippen molar-refractivity contribution in [1.82, 2.24) is 5.32 Å². The summed E-state index contributed by atoms with van der Waals surface area (Å²) < 4.78 is 5.43. The van der Waals surface area contributed by atoms with Gasteiger partial charge >= 0.3 is 0 Å². The molecule has 1 heterocycles. The van der Waals surface area contributed by atoms with Gasteiger partial charge < -0.3 is 20.3 Å². The molecular weight excluding hydrogens is 366 g/mol. The molecule has 2 aromatic rings. The van der Waals surface area contributed by atoms with Crippen molar-refractivity contribution in [3.63, 3.8) is 0 Å². The number of hydrogen-bond acceptors (Lipinski definition) is 4. The number of hydrogen-bond donors (Lipinski definition) is 2. The Morgan fingerprint density at radius 2 is 1.76 bits per heavy atom. The van der Waals surface area contributed by atoms with Crippen LogP contribution in [-0.4, -0.2) is 44.2 Å². The van der Waals surface area contributed by atoms with Gasteiger partial charge in [-0.1, -0.05) is 43.7 Å². The van der Waals surface area contributed by atoms with Crippen LogP contribution in [-0.2, 0) is 9.53 Å². The zero-order valence-corrected chi connectivity index (χ0v) is 17.3. The van der Waals surface area contributed by atoms with E-state index in [1.165, 1.54) is 0 Å². The van der Waals surface area contributed by atoms with E-state index in [1.807, 2.05) is 63.2 Å². The zero-order valence-electron chi connectivity index (χ0n) is 17.3. The van der Waals surface area contributed by atoms with Gasteiger partial charge in [0.05, 0.1) is 24.6 Å². The number of benzene rings is 2. The van der Waals surface area contributed by atoms with E-state index in [1.54, 1.807) is 6.07 Å². The average Bonchev–Trinajstić information content (AvgIpc) is 2.72. The maximum Gasteiger partial charge on any atom is 0.251 e. The third kappa shape index (κ3) is 5.35. The fourth-order valence-electron chi connectivity index (χ4n) is 3.42. The van der Waals surface area contributed by atoms with E-state index in [0.29, 0.717) is 18.8 Å². The van der Waals surface area contributed by atoms with E-state index in [0.717, 1.165) is 30.0 Å². The minimum atomic E-state index is -0.638. The fourth-order valence-corrected chi connectivity index (χ4v) is 3.42. The molecule has 1 aliphatic rings. The molecule has 0 aromatic heterocycles. The lowest BCUT2D eigenvalue weighted by atomic mass is 10.0. The highest BCUT2D eigenvalue weighted by Crippen LogP contribution is 2.26. The molecule has 6 nitrogen and oxygen atoms in total. The van der Waals surface area contributed by atoms with Gasteiger partial charge in [0.25, 0.3) is 5.91 Å². The summed E-state index contributed by atoms with van der Waals surface area (Å²) in [5.74, 6) is -0.523. The van der Waals surface area contributed by atoms with Crippen LogP contribution in [0.5, 0.6) is 0 Å². The van der Waals surface area contributed by atoms with Gasteiger partial charge in [0, 0.05) is 18.7 Å². The number of ether oxygens (including phenoxy) is 1. The molecule has 1 fully saturated rings. The standard InChI is InChI=1S/C23H29N3O3/c1-16(2)21(25-22(27)18-8-6-7-17(3)15-18)23(28)24-19-9-4-5-10-20(19)26-11-13-29-14-12-26/h4-10,15-16,21H,11-14H2,1-3H3,(H,24,28)(H,25,27)/t21-/m1/s1. The average molecular weight is 396 g/mol. The highest BCUT2D eigenvalue weighted by atomic mass is 16.5. The molecule has 2 amide bonds. The minimum absolute atomic E-state index is 0.0562. The van der Waals surface area contributed by atoms with Crippen LogP contribution in [0.15, 0.2) is 48.5 Å². The molecule has 1 saturated heterocycles. The van der Waals surface area contributed by atoms with Crippen LogP contribution in [0.4, 0.5) is 11.4 Å². The first-order valence-electron chi connectivity index (χ1n) is 10.1. The molecule has 0 unspecified atom stereocenters. The molecule has 0 saturated carbocycles. The lowest BCUT2D eigenvalue weighted by Crippen LogP contribution is -2.47. The summed E-state index contributed by atoms with van der Waals surface area (Å²) in [6, 6.07) is 14.5. The summed E-state index contributed by atoms with van der Waals surface area (Å²) in [6.07, 6.45) is 0. The van der Waals surface area contributed by atoms with Crippen LogP contribution < -0.4 is 15.5 Å². The van der Waals surface area contributed by atoms with Crippen LogP contribution in [0.25, 0.3) is 0 Å². The van der Waals surface area contributed by atoms with Crippen LogP contribution >= 0.6 is 0 Å². The summed E-state index contributed by atoms with van der Waals surface area (Å²) in [6.45, 7) is 8.69. The lowest BCUT2D eigenvalue weighted by Gasteiger charge is -2.31. The van der Waals surface area contributed by atoms with Gasteiger partial charge in [-0.2, -0.15) is 0 Å². The zero-order chi connectivity index (χ0) is 20.8. The Balaban J connectivity index is 1.74. The Morgan fingerprint density at radius 1 is 1.03 bits per heavy atom. The smallest absolute Gasteiger partial charge is 0.251 e. The van der Waals surface area contributed by atoms with Crippen LogP contribution in [0, 0.1) is 12.8 Å². The second-order valence-electron chi connectivity index (χ2n) is 7.67. The first kappa shape index (κ1) is 20.9. The summed E-state index contributed by atoms with van der Waals surface area (Å²) in [7, 11) is 0. The van der Waals surface area contributed by atoms with Gasteiger partial charge in [0.2, 0.25) is 5.91 Å². The second kappa shape index (κ2) is 9.56. The molecular formula is C23H29N3O3. The molecule has 0 bridgehead atoms. The fraction of sp³-hybridized carbons (Fsp3) is 0.391. The largest absolute Gasteiger partial charge is 0.378 e. The van der Waals surface area contributed by atoms with Crippen molar-refractivity contribution in [3.8, 4) is 0 Å². The Morgan fingerprint density at radius 3 is 2.45 bits per heavy atom. The van der Waals surface area contributed by atoms with E-state index in [-0.39, 0.29) is 17.7 Å². The number of carbonyl (C=O) groups is 2. The van der Waals surface area contributed by atoms with E-state index < -0.39 is 6.04 Å². The van der Waals surface area contributed by atoms with Gasteiger partial charge in [-0.3, -0.25) is 9.59 Å². The molecule has 0 spiro atoms. The van der Waals surface area contributed by atoms with Gasteiger partial charge in [0.15, 0.2) is 0 Å². The van der Waals surface area contributed by atoms with E-state index in [9.17, 15) is 9.59 Å².